The third kappa shape index (κ3) is 2.32. The van der Waals surface area contributed by atoms with Gasteiger partial charge in [0.25, 0.3) is 0 Å². The molecule has 0 bridgehead atoms. The van der Waals surface area contributed by atoms with Gasteiger partial charge in [-0.1, -0.05) is 0 Å². The van der Waals surface area contributed by atoms with Crippen molar-refractivity contribution in [3.8, 4) is 12.1 Å². The van der Waals surface area contributed by atoms with E-state index in [4.69, 9.17) is 16.3 Å². The minimum absolute atomic E-state index is 0.0532. The zero-order valence-electron chi connectivity index (χ0n) is 3.55. The molecule has 34 valence electrons. The number of nitriles is 2. The first kappa shape index (κ1) is 5.52. The molecule has 0 amide bonds. The zero-order valence-corrected chi connectivity index (χ0v) is 3.55. The van der Waals surface area contributed by atoms with Crippen LogP contribution in [0.25, 0.3) is 0 Å². The molecule has 0 aliphatic heterocycles. The van der Waals surface area contributed by atoms with E-state index in [1.54, 1.807) is 12.1 Å². The van der Waals surface area contributed by atoms with Crippen molar-refractivity contribution in [1.29, 1.82) is 10.5 Å². The Hall–Kier alpha value is -1.48. The Balaban J connectivity index is 3.89. The highest BCUT2D eigenvalue weighted by Crippen LogP contribution is 1.73. The molecule has 0 saturated heterocycles. The molecule has 0 spiro atoms. The van der Waals surface area contributed by atoms with Gasteiger partial charge in [0.1, 0.15) is 11.8 Å². The molecule has 3 nitrogen and oxygen atoms in total. The van der Waals surface area contributed by atoms with Crippen molar-refractivity contribution in [3.05, 3.63) is 11.8 Å². The highest BCUT2D eigenvalue weighted by Gasteiger charge is 1.76. The summed E-state index contributed by atoms with van der Waals surface area (Å²) in [6.45, 7) is 0. The lowest BCUT2D eigenvalue weighted by atomic mass is 10.5. The molecule has 0 aromatic carbocycles. The quantitative estimate of drug-likeness (QED) is 0.424. The molecule has 0 aliphatic rings. The summed E-state index contributed by atoms with van der Waals surface area (Å²) in [5.41, 5.74) is 4.81. The fraction of sp³-hybridized carbons (Fsp3) is 0. The van der Waals surface area contributed by atoms with E-state index in [1.807, 2.05) is 0 Å². The molecular formula is C4H3N3. The zero-order chi connectivity index (χ0) is 5.70. The van der Waals surface area contributed by atoms with Crippen LogP contribution < -0.4 is 5.73 Å². The molecule has 3 heteroatoms. The van der Waals surface area contributed by atoms with Gasteiger partial charge in [0.05, 0.1) is 6.07 Å². The van der Waals surface area contributed by atoms with E-state index < -0.39 is 0 Å². The van der Waals surface area contributed by atoms with Crippen LogP contribution in [0.15, 0.2) is 11.8 Å². The maximum Gasteiger partial charge on any atom is 0.121 e. The lowest BCUT2D eigenvalue weighted by Gasteiger charge is -1.71. The van der Waals surface area contributed by atoms with E-state index in [0.29, 0.717) is 0 Å². The first-order valence-electron chi connectivity index (χ1n) is 1.56. The monoisotopic (exact) mass is 93.0 g/mol. The minimum atomic E-state index is -0.0532. The largest absolute Gasteiger partial charge is 0.390 e. The summed E-state index contributed by atoms with van der Waals surface area (Å²) in [5, 5.41) is 15.7. The Bertz CT molecular complexity index is 155. The smallest absolute Gasteiger partial charge is 0.121 e. The molecule has 0 aromatic heterocycles. The first-order chi connectivity index (χ1) is 3.31. The van der Waals surface area contributed by atoms with Crippen LogP contribution in [0.2, 0.25) is 0 Å². The standard InChI is InChI=1S/C4H3N3/c5-2-1-4(7)3-6/h1H,7H2/b4-1+. The van der Waals surface area contributed by atoms with Gasteiger partial charge in [-0.2, -0.15) is 10.5 Å². The van der Waals surface area contributed by atoms with Crippen LogP contribution in [0.3, 0.4) is 0 Å². The number of nitrogens with two attached hydrogens (primary N) is 1. The summed E-state index contributed by atoms with van der Waals surface area (Å²) >= 11 is 0. The third-order valence-electron chi connectivity index (χ3n) is 0.349. The summed E-state index contributed by atoms with van der Waals surface area (Å²) in [6, 6.07) is 3.19. The fourth-order valence-corrected chi connectivity index (χ4v) is 0.102. The van der Waals surface area contributed by atoms with Crippen LogP contribution in [-0.2, 0) is 0 Å². The molecule has 0 heterocycles. The molecule has 0 fully saturated rings. The fourth-order valence-electron chi connectivity index (χ4n) is 0.102. The van der Waals surface area contributed by atoms with E-state index in [1.165, 1.54) is 0 Å². The van der Waals surface area contributed by atoms with E-state index >= 15 is 0 Å². The molecule has 2 N–H and O–H groups in total. The molecular weight excluding hydrogens is 90.1 g/mol. The average molecular weight is 93.1 g/mol. The summed E-state index contributed by atoms with van der Waals surface area (Å²) in [5.74, 6) is 0. The maximum atomic E-state index is 7.87. The summed E-state index contributed by atoms with van der Waals surface area (Å²) in [6.07, 6.45) is 0.986. The van der Waals surface area contributed by atoms with Crippen LogP contribution in [0.4, 0.5) is 0 Å². The van der Waals surface area contributed by atoms with Gasteiger partial charge >= 0.3 is 0 Å². The van der Waals surface area contributed by atoms with Gasteiger partial charge < -0.3 is 5.73 Å². The predicted molar refractivity (Wildman–Crippen MR) is 23.5 cm³/mol. The van der Waals surface area contributed by atoms with Gasteiger partial charge in [0.2, 0.25) is 0 Å². The molecule has 0 aromatic rings. The van der Waals surface area contributed by atoms with Crippen LogP contribution in [0.1, 0.15) is 0 Å². The summed E-state index contributed by atoms with van der Waals surface area (Å²) in [7, 11) is 0. The van der Waals surface area contributed by atoms with Crippen molar-refractivity contribution < 1.29 is 0 Å². The Kier molecular flexibility index (Phi) is 2.16. The second-order valence-corrected chi connectivity index (χ2v) is 0.841. The molecule has 7 heavy (non-hydrogen) atoms. The van der Waals surface area contributed by atoms with Gasteiger partial charge in [-0.05, 0) is 0 Å². The lowest BCUT2D eigenvalue weighted by Crippen LogP contribution is -1.90. The molecule has 0 radical (unpaired) electrons. The summed E-state index contributed by atoms with van der Waals surface area (Å²) < 4.78 is 0. The number of rotatable bonds is 0. The second-order valence-electron chi connectivity index (χ2n) is 0.841. The van der Waals surface area contributed by atoms with Crippen molar-refractivity contribution in [3.63, 3.8) is 0 Å². The predicted octanol–water partition coefficient (Wildman–Crippen LogP) is -0.124. The van der Waals surface area contributed by atoms with Gasteiger partial charge in [0, 0.05) is 6.08 Å². The van der Waals surface area contributed by atoms with Crippen molar-refractivity contribution >= 4 is 0 Å². The van der Waals surface area contributed by atoms with Crippen molar-refractivity contribution in [1.82, 2.24) is 0 Å². The maximum absolute atomic E-state index is 7.87. The molecule has 0 unspecified atom stereocenters. The van der Waals surface area contributed by atoms with E-state index in [2.05, 4.69) is 0 Å². The van der Waals surface area contributed by atoms with Crippen LogP contribution in [-0.4, -0.2) is 0 Å². The molecule has 0 aliphatic carbocycles. The minimum Gasteiger partial charge on any atom is -0.390 e. The van der Waals surface area contributed by atoms with Gasteiger partial charge in [-0.15, -0.1) is 0 Å². The summed E-state index contributed by atoms with van der Waals surface area (Å²) in [4.78, 5) is 0. The SMILES string of the molecule is N#C/C=C(/N)C#N. The normalized spacial score (nSPS) is 9.14. The Morgan fingerprint density at radius 3 is 2.29 bits per heavy atom. The van der Waals surface area contributed by atoms with Crippen LogP contribution in [0, 0.1) is 22.7 Å². The van der Waals surface area contributed by atoms with Gasteiger partial charge in [0.15, 0.2) is 0 Å². The van der Waals surface area contributed by atoms with Gasteiger partial charge in [-0.3, -0.25) is 0 Å². The van der Waals surface area contributed by atoms with E-state index in [9.17, 15) is 0 Å². The van der Waals surface area contributed by atoms with E-state index in [0.717, 1.165) is 6.08 Å². The molecule has 0 rings (SSSR count). The Morgan fingerprint density at radius 1 is 1.57 bits per heavy atom. The van der Waals surface area contributed by atoms with Crippen molar-refractivity contribution in [2.75, 3.05) is 0 Å². The molecule has 0 atom stereocenters. The highest BCUT2D eigenvalue weighted by molar-refractivity contribution is 5.22. The second kappa shape index (κ2) is 2.74. The number of hydrogen-bond donors (Lipinski definition) is 1. The number of hydrogen-bond acceptors (Lipinski definition) is 3. The van der Waals surface area contributed by atoms with Crippen LogP contribution in [0.5, 0.6) is 0 Å². The van der Waals surface area contributed by atoms with E-state index in [-0.39, 0.29) is 5.70 Å². The lowest BCUT2D eigenvalue weighted by molar-refractivity contribution is 1.38. The number of nitrogens with zero attached hydrogens (tertiary/aromatic N) is 2. The topological polar surface area (TPSA) is 73.6 Å². The average Bonchev–Trinajstić information content (AvgIpc) is 1.68. The Labute approximate surface area is 41.3 Å². The highest BCUT2D eigenvalue weighted by atomic mass is 14.6. The first-order valence-corrected chi connectivity index (χ1v) is 1.56. The van der Waals surface area contributed by atoms with Crippen LogP contribution >= 0.6 is 0 Å². The Morgan fingerprint density at radius 2 is 2.14 bits per heavy atom. The third-order valence-corrected chi connectivity index (χ3v) is 0.349. The molecule has 0 saturated carbocycles. The van der Waals surface area contributed by atoms with Gasteiger partial charge in [-0.25, -0.2) is 0 Å². The van der Waals surface area contributed by atoms with Crippen molar-refractivity contribution in [2.45, 2.75) is 0 Å². The van der Waals surface area contributed by atoms with Crippen molar-refractivity contribution in [2.24, 2.45) is 5.73 Å². The number of allylic oxidation sites excluding steroid dienone is 2.